The van der Waals surface area contributed by atoms with Crippen LogP contribution in [0.1, 0.15) is 0 Å². The van der Waals surface area contributed by atoms with Gasteiger partial charge in [0.05, 0.1) is 11.2 Å². The molecule has 2 aromatic rings. The zero-order valence-corrected chi connectivity index (χ0v) is 7.12. The Morgan fingerprint density at radius 1 is 1.54 bits per heavy atom. The molecule has 0 unspecified atom stereocenters. The zero-order valence-electron chi connectivity index (χ0n) is 6.36. The minimum atomic E-state index is -0.237. The molecule has 0 aliphatic rings. The summed E-state index contributed by atoms with van der Waals surface area (Å²) in [5.74, 6) is 0. The van der Waals surface area contributed by atoms with Gasteiger partial charge in [0.1, 0.15) is 5.52 Å². The summed E-state index contributed by atoms with van der Waals surface area (Å²) in [7, 11) is 0. The van der Waals surface area contributed by atoms with Gasteiger partial charge in [0.25, 0.3) is 0 Å². The number of aromatic nitrogens is 2. The van der Waals surface area contributed by atoms with Gasteiger partial charge in [0.15, 0.2) is 0 Å². The van der Waals surface area contributed by atoms with Crippen LogP contribution in [-0.4, -0.2) is 15.2 Å². The summed E-state index contributed by atoms with van der Waals surface area (Å²) >= 11 is 5.59. The summed E-state index contributed by atoms with van der Waals surface area (Å²) in [6.45, 7) is 0. The third kappa shape index (κ3) is 1.33. The Morgan fingerprint density at radius 3 is 3.00 bits per heavy atom. The first-order valence-electron chi connectivity index (χ1n) is 3.49. The Morgan fingerprint density at radius 2 is 2.31 bits per heavy atom. The highest BCUT2D eigenvalue weighted by Crippen LogP contribution is 2.24. The molecule has 13 heavy (non-hydrogen) atoms. The molecule has 0 spiro atoms. The van der Waals surface area contributed by atoms with Crippen molar-refractivity contribution in [3.63, 3.8) is 0 Å². The molecule has 2 rings (SSSR count). The molecule has 1 aromatic carbocycles. The van der Waals surface area contributed by atoms with E-state index in [-0.39, 0.29) is 16.2 Å². The second-order valence-corrected chi connectivity index (χ2v) is 2.83. The number of benzene rings is 1. The van der Waals surface area contributed by atoms with E-state index in [4.69, 9.17) is 16.8 Å². The van der Waals surface area contributed by atoms with E-state index in [1.54, 1.807) is 12.1 Å². The van der Waals surface area contributed by atoms with E-state index in [1.165, 1.54) is 6.07 Å². The van der Waals surface area contributed by atoms with Gasteiger partial charge in [-0.25, -0.2) is 4.98 Å². The molecule has 0 amide bonds. The maximum Gasteiger partial charge on any atom is 0.201 e. The van der Waals surface area contributed by atoms with Crippen molar-refractivity contribution in [3.05, 3.63) is 28.7 Å². The topological polar surface area (TPSA) is 75.2 Å². The van der Waals surface area contributed by atoms with Gasteiger partial charge in [0.2, 0.25) is 5.28 Å². The normalized spacial score (nSPS) is 10.7. The van der Waals surface area contributed by atoms with E-state index < -0.39 is 0 Å². The molecule has 0 bridgehead atoms. The molecule has 0 aliphatic carbocycles. The molecule has 0 fully saturated rings. The first-order chi connectivity index (χ1) is 6.18. The number of aromatic amines is 1. The quantitative estimate of drug-likeness (QED) is 0.687. The van der Waals surface area contributed by atoms with Crippen molar-refractivity contribution in [1.82, 2.24) is 9.97 Å². The van der Waals surface area contributed by atoms with Crippen molar-refractivity contribution in [1.29, 1.82) is 0 Å². The van der Waals surface area contributed by atoms with Gasteiger partial charge in [-0.3, -0.25) is 5.21 Å². The van der Waals surface area contributed by atoms with Crippen LogP contribution in [0.4, 0.5) is 5.69 Å². The van der Waals surface area contributed by atoms with Crippen molar-refractivity contribution < 1.29 is 5.21 Å². The third-order valence-corrected chi connectivity index (χ3v) is 1.85. The average molecular weight is 199 g/mol. The second kappa shape index (κ2) is 2.88. The van der Waals surface area contributed by atoms with Crippen molar-refractivity contribution in [2.45, 2.75) is 0 Å². The maximum atomic E-state index is 10.6. The summed E-state index contributed by atoms with van der Waals surface area (Å²) in [6.07, 6.45) is 0. The number of fused-ring (bicyclic) bond motifs is 1. The zero-order chi connectivity index (χ0) is 9.42. The molecule has 0 atom stereocenters. The predicted molar refractivity (Wildman–Crippen MR) is 48.7 cm³/mol. The van der Waals surface area contributed by atoms with Crippen molar-refractivity contribution >= 4 is 28.3 Å². The molecule has 0 saturated carbocycles. The standard InChI is InChI=1S/C7H5ClN3O2/c8-7-9-4-2-1-3-5(11(12)13)6(4)10-7/h1-3,12H,(H,9,10)/q-1. The number of halogens is 1. The highest BCUT2D eigenvalue weighted by atomic mass is 35.5. The second-order valence-electron chi connectivity index (χ2n) is 2.47. The van der Waals surface area contributed by atoms with Crippen molar-refractivity contribution in [2.75, 3.05) is 5.23 Å². The summed E-state index contributed by atoms with van der Waals surface area (Å²) in [5.41, 5.74) is 1.03. The molecular formula is C7H5ClN3O2-. The lowest BCUT2D eigenvalue weighted by molar-refractivity contribution is 0.297. The van der Waals surface area contributed by atoms with Crippen LogP contribution in [0.2, 0.25) is 5.28 Å². The molecule has 68 valence electrons. The summed E-state index contributed by atoms with van der Waals surface area (Å²) < 4.78 is 0. The Hall–Kier alpha value is -1.30. The van der Waals surface area contributed by atoms with Gasteiger partial charge in [-0.2, -0.15) is 0 Å². The summed E-state index contributed by atoms with van der Waals surface area (Å²) in [5, 5.41) is 19.3. The Kier molecular flexibility index (Phi) is 1.84. The molecule has 1 aromatic heterocycles. The van der Waals surface area contributed by atoms with Crippen molar-refractivity contribution in [3.8, 4) is 0 Å². The van der Waals surface area contributed by atoms with E-state index >= 15 is 0 Å². The lowest BCUT2D eigenvalue weighted by atomic mass is 10.3. The van der Waals surface area contributed by atoms with Crippen molar-refractivity contribution in [2.24, 2.45) is 0 Å². The van der Waals surface area contributed by atoms with Crippen LogP contribution >= 0.6 is 11.6 Å². The Balaban J connectivity index is 2.75. The lowest BCUT2D eigenvalue weighted by Gasteiger charge is -2.21. The number of nitrogens with zero attached hydrogens (tertiary/aromatic N) is 2. The van der Waals surface area contributed by atoms with Gasteiger partial charge in [-0.1, -0.05) is 6.07 Å². The number of anilines is 1. The predicted octanol–water partition coefficient (Wildman–Crippen LogP) is 1.91. The third-order valence-electron chi connectivity index (χ3n) is 1.67. The van der Waals surface area contributed by atoms with Gasteiger partial charge in [-0.15, -0.1) is 0 Å². The fraction of sp³-hybridized carbons (Fsp3) is 0. The molecule has 5 nitrogen and oxygen atoms in total. The lowest BCUT2D eigenvalue weighted by Crippen LogP contribution is -2.07. The smallest absolute Gasteiger partial charge is 0.201 e. The Bertz CT molecular complexity index is 440. The highest BCUT2D eigenvalue weighted by molar-refractivity contribution is 6.29. The molecule has 0 saturated heterocycles. The highest BCUT2D eigenvalue weighted by Gasteiger charge is 2.05. The number of imidazole rings is 1. The minimum Gasteiger partial charge on any atom is -0.733 e. The maximum absolute atomic E-state index is 10.6. The fourth-order valence-electron chi connectivity index (χ4n) is 1.14. The van der Waals surface area contributed by atoms with Crippen LogP contribution in [0.15, 0.2) is 18.2 Å². The first kappa shape index (κ1) is 8.31. The van der Waals surface area contributed by atoms with Crippen LogP contribution < -0.4 is 5.23 Å². The number of H-pyrrole nitrogens is 1. The Labute approximate surface area is 78.1 Å². The van der Waals surface area contributed by atoms with E-state index in [0.29, 0.717) is 11.0 Å². The molecule has 6 heteroatoms. The van der Waals surface area contributed by atoms with Crippen LogP contribution in [0, 0.1) is 5.21 Å². The molecule has 0 radical (unpaired) electrons. The number of nitrogens with one attached hydrogen (secondary N) is 1. The van der Waals surface area contributed by atoms with E-state index in [1.807, 2.05) is 0 Å². The largest absolute Gasteiger partial charge is 0.733 e. The fourth-order valence-corrected chi connectivity index (χ4v) is 1.33. The average Bonchev–Trinajstić information content (AvgIpc) is 2.43. The van der Waals surface area contributed by atoms with Gasteiger partial charge in [0, 0.05) is 0 Å². The van der Waals surface area contributed by atoms with E-state index in [0.717, 1.165) is 0 Å². The summed E-state index contributed by atoms with van der Waals surface area (Å²) in [4.78, 5) is 6.57. The number of hydrogen-bond donors (Lipinski definition) is 2. The molecule has 2 N–H and O–H groups in total. The number of para-hydroxylation sites is 1. The van der Waals surface area contributed by atoms with E-state index in [2.05, 4.69) is 9.97 Å². The van der Waals surface area contributed by atoms with Crippen LogP contribution in [0.25, 0.3) is 11.0 Å². The van der Waals surface area contributed by atoms with Crippen LogP contribution in [0.3, 0.4) is 0 Å². The minimum absolute atomic E-state index is 0.0700. The number of rotatable bonds is 1. The van der Waals surface area contributed by atoms with Gasteiger partial charge >= 0.3 is 0 Å². The molecule has 1 heterocycles. The molecular weight excluding hydrogens is 194 g/mol. The van der Waals surface area contributed by atoms with Gasteiger partial charge in [-0.05, 0) is 23.7 Å². The monoisotopic (exact) mass is 198 g/mol. The summed E-state index contributed by atoms with van der Waals surface area (Å²) in [6, 6.07) is 4.78. The first-order valence-corrected chi connectivity index (χ1v) is 3.86. The van der Waals surface area contributed by atoms with Crippen LogP contribution in [0.5, 0.6) is 0 Å². The number of hydrogen-bond acceptors (Lipinski definition) is 4. The van der Waals surface area contributed by atoms with Crippen LogP contribution in [-0.2, 0) is 0 Å². The molecule has 0 aliphatic heterocycles. The SMILES string of the molecule is [O-]N(O)c1cccc2[nH]c(Cl)nc12. The van der Waals surface area contributed by atoms with E-state index in [9.17, 15) is 5.21 Å². The van der Waals surface area contributed by atoms with Gasteiger partial charge < -0.3 is 15.4 Å².